The Bertz CT molecular complexity index is 446. The largest absolute Gasteiger partial charge is 0.0654 e. The minimum Gasteiger partial charge on any atom is -0.0654 e. The number of rotatable bonds is 4. The third kappa shape index (κ3) is 65.6. The first-order chi connectivity index (χ1) is 15.8. The molecule has 0 bridgehead atoms. The normalized spacial score (nSPS) is 10.3. The molecule has 0 aliphatic carbocycles. The monoisotopic (exact) mass is 495 g/mol. The van der Waals surface area contributed by atoms with Gasteiger partial charge >= 0.3 is 0 Å². The van der Waals surface area contributed by atoms with Crippen LogP contribution in [0.3, 0.4) is 0 Å². The summed E-state index contributed by atoms with van der Waals surface area (Å²) in [6.45, 7) is 42.2. The van der Waals surface area contributed by atoms with E-state index in [4.69, 9.17) is 0 Å². The molecule has 0 heterocycles. The van der Waals surface area contributed by atoms with Crippen molar-refractivity contribution in [1.29, 1.82) is 0 Å². The molecule has 0 radical (unpaired) electrons. The van der Waals surface area contributed by atoms with E-state index in [-0.39, 0.29) is 0 Å². The van der Waals surface area contributed by atoms with Crippen LogP contribution < -0.4 is 0 Å². The minimum atomic E-state index is 0.500. The predicted octanol–water partition coefficient (Wildman–Crippen LogP) is 13.1. The lowest BCUT2D eigenvalue weighted by Crippen LogP contribution is -2.12. The summed E-state index contributed by atoms with van der Waals surface area (Å²) in [4.78, 5) is 0. The zero-order valence-electron chi connectivity index (χ0n) is 28.5. The van der Waals surface area contributed by atoms with Gasteiger partial charge in [0.2, 0.25) is 0 Å². The third-order valence-corrected chi connectivity index (χ3v) is 5.69. The number of benzene rings is 1. The number of hydrogen-bond donors (Lipinski definition) is 0. The molecule has 0 heteroatoms. The summed E-state index contributed by atoms with van der Waals surface area (Å²) in [7, 11) is 0. The van der Waals surface area contributed by atoms with E-state index in [9.17, 15) is 0 Å². The summed E-state index contributed by atoms with van der Waals surface area (Å²) < 4.78 is 0. The Labute approximate surface area is 227 Å². The van der Waals surface area contributed by atoms with Crippen LogP contribution in [0.5, 0.6) is 0 Å². The molecular formula is C35H74. The molecule has 0 nitrogen and oxygen atoms in total. The van der Waals surface area contributed by atoms with Crippen molar-refractivity contribution in [3.05, 3.63) is 35.9 Å². The van der Waals surface area contributed by atoms with Gasteiger partial charge in [0.05, 0.1) is 0 Å². The van der Waals surface area contributed by atoms with E-state index < -0.39 is 0 Å². The molecule has 0 saturated heterocycles. The molecular weight excluding hydrogens is 420 g/mol. The van der Waals surface area contributed by atoms with Gasteiger partial charge in [-0.15, -0.1) is 0 Å². The van der Waals surface area contributed by atoms with Gasteiger partial charge in [0, 0.05) is 0 Å². The third-order valence-electron chi connectivity index (χ3n) is 5.69. The fraction of sp³-hybridized carbons (Fsp3) is 0.829. The average Bonchev–Trinajstić information content (AvgIpc) is 2.69. The fourth-order valence-electron chi connectivity index (χ4n) is 1.11. The highest BCUT2D eigenvalue weighted by Crippen LogP contribution is 2.23. The maximum atomic E-state index is 2.26. The number of hydrogen-bond acceptors (Lipinski definition) is 0. The van der Waals surface area contributed by atoms with Crippen molar-refractivity contribution in [2.45, 2.75) is 151 Å². The van der Waals surface area contributed by atoms with Gasteiger partial charge < -0.3 is 0 Å². The zero-order chi connectivity index (χ0) is 29.2. The van der Waals surface area contributed by atoms with Crippen LogP contribution >= 0.6 is 0 Å². The molecule has 0 aliphatic heterocycles. The molecule has 1 aromatic carbocycles. The lowest BCUT2D eigenvalue weighted by atomic mass is 9.84. The molecule has 0 spiro atoms. The molecule has 0 N–H and O–H groups in total. The summed E-state index contributed by atoms with van der Waals surface area (Å²) in [6, 6.07) is 10.3. The highest BCUT2D eigenvalue weighted by Gasteiger charge is 2.13. The maximum absolute atomic E-state index is 2.26. The van der Waals surface area contributed by atoms with Gasteiger partial charge in [-0.05, 0) is 47.8 Å². The van der Waals surface area contributed by atoms with Gasteiger partial charge in [0.1, 0.15) is 0 Å². The van der Waals surface area contributed by atoms with Crippen LogP contribution in [-0.2, 0) is 0 Å². The van der Waals surface area contributed by atoms with Crippen LogP contribution in [0.1, 0.15) is 149 Å². The van der Waals surface area contributed by atoms with Crippen molar-refractivity contribution in [2.24, 2.45) is 40.9 Å². The molecule has 214 valence electrons. The highest BCUT2D eigenvalue weighted by molar-refractivity contribution is 5.11. The standard InChI is InChI=1S/C7H8.C7H16.2C6H14.C5H12.C4H10/c1-7-5-3-2-4-6-7;1-6(2)7(3,4)5;1-5(2)6(3)4;1-4-5-6(2)3;1-4-5(2)3;1-4(2)3/h2-6H,1H3;6H,1-5H3;5-6H,1-4H3;6H,4-5H2,1-3H3;5H,4H2,1-3H3;4H,1-3H3. The second-order valence-electron chi connectivity index (χ2n) is 13.4. The van der Waals surface area contributed by atoms with Crippen LogP contribution in [0.15, 0.2) is 30.3 Å². The van der Waals surface area contributed by atoms with E-state index in [2.05, 4.69) is 144 Å². The van der Waals surface area contributed by atoms with Gasteiger partial charge in [-0.25, -0.2) is 0 Å². The fourth-order valence-corrected chi connectivity index (χ4v) is 1.11. The van der Waals surface area contributed by atoms with Gasteiger partial charge in [-0.3, -0.25) is 0 Å². The van der Waals surface area contributed by atoms with Crippen LogP contribution in [0, 0.1) is 47.8 Å². The minimum absolute atomic E-state index is 0.500. The Morgan fingerprint density at radius 3 is 0.943 bits per heavy atom. The van der Waals surface area contributed by atoms with Crippen molar-refractivity contribution >= 4 is 0 Å². The zero-order valence-corrected chi connectivity index (χ0v) is 28.5. The van der Waals surface area contributed by atoms with Crippen LogP contribution in [0.4, 0.5) is 0 Å². The Kier molecular flexibility index (Phi) is 37.2. The molecule has 0 amide bonds. The lowest BCUT2D eigenvalue weighted by Gasteiger charge is -2.22. The molecule has 0 unspecified atom stereocenters. The second-order valence-corrected chi connectivity index (χ2v) is 13.4. The van der Waals surface area contributed by atoms with Gasteiger partial charge in [-0.1, -0.05) is 180 Å². The Hall–Kier alpha value is -0.780. The SMILES string of the molecule is CC(C)C.CC(C)C(C)(C)C.CC(C)C(C)C.CCC(C)C.CCCC(C)C.Cc1ccccc1. The first kappa shape index (κ1) is 44.2. The summed E-state index contributed by atoms with van der Waals surface area (Å²) in [5.41, 5.74) is 1.82. The van der Waals surface area contributed by atoms with Crippen molar-refractivity contribution in [2.75, 3.05) is 0 Å². The van der Waals surface area contributed by atoms with E-state index >= 15 is 0 Å². The smallest absolute Gasteiger partial charge is 0.0360 e. The van der Waals surface area contributed by atoms with Crippen molar-refractivity contribution in [3.8, 4) is 0 Å². The van der Waals surface area contributed by atoms with Crippen LogP contribution in [0.25, 0.3) is 0 Å². The maximum Gasteiger partial charge on any atom is -0.0360 e. The quantitative estimate of drug-likeness (QED) is 0.390. The topological polar surface area (TPSA) is 0 Å². The van der Waals surface area contributed by atoms with Gasteiger partial charge in [-0.2, -0.15) is 0 Å². The summed E-state index contributed by atoms with van der Waals surface area (Å²) in [5.74, 6) is 5.12. The molecule has 0 fully saturated rings. The first-order valence-corrected chi connectivity index (χ1v) is 14.8. The summed E-state index contributed by atoms with van der Waals surface area (Å²) >= 11 is 0. The highest BCUT2D eigenvalue weighted by atomic mass is 14.2. The van der Waals surface area contributed by atoms with Gasteiger partial charge in [0.15, 0.2) is 0 Å². The average molecular weight is 495 g/mol. The van der Waals surface area contributed by atoms with E-state index in [1.165, 1.54) is 24.8 Å². The second kappa shape index (κ2) is 29.5. The Morgan fingerprint density at radius 2 is 0.886 bits per heavy atom. The van der Waals surface area contributed by atoms with Crippen molar-refractivity contribution in [1.82, 2.24) is 0 Å². The van der Waals surface area contributed by atoms with Crippen LogP contribution in [-0.4, -0.2) is 0 Å². The lowest BCUT2D eigenvalue weighted by molar-refractivity contribution is 0.283. The van der Waals surface area contributed by atoms with Crippen molar-refractivity contribution < 1.29 is 0 Å². The van der Waals surface area contributed by atoms with Gasteiger partial charge in [0.25, 0.3) is 0 Å². The van der Waals surface area contributed by atoms with E-state index in [0.717, 1.165) is 35.5 Å². The van der Waals surface area contributed by atoms with E-state index in [1.807, 2.05) is 18.2 Å². The Balaban J connectivity index is -0.000000104. The predicted molar refractivity (Wildman–Crippen MR) is 171 cm³/mol. The molecule has 1 rings (SSSR count). The Morgan fingerprint density at radius 1 is 0.600 bits per heavy atom. The molecule has 1 aromatic rings. The molecule has 35 heavy (non-hydrogen) atoms. The van der Waals surface area contributed by atoms with E-state index in [0.29, 0.717) is 5.41 Å². The molecule has 0 saturated carbocycles. The van der Waals surface area contributed by atoms with Crippen LogP contribution in [0.2, 0.25) is 0 Å². The summed E-state index contributed by atoms with van der Waals surface area (Å²) in [5, 5.41) is 0. The molecule has 0 aliphatic rings. The number of aryl methyl sites for hydroxylation is 1. The summed E-state index contributed by atoms with van der Waals surface area (Å²) in [6.07, 6.45) is 4.01. The first-order valence-electron chi connectivity index (χ1n) is 14.8. The van der Waals surface area contributed by atoms with E-state index in [1.54, 1.807) is 0 Å². The van der Waals surface area contributed by atoms with Crippen molar-refractivity contribution in [3.63, 3.8) is 0 Å². The molecule has 0 aromatic heterocycles. The molecule has 0 atom stereocenters.